The van der Waals surface area contributed by atoms with E-state index >= 15 is 0 Å². The standard InChI is InChI=1S/C17H12BrF3N4O3/c1-8(9-4-10(17(19,20)21)6-12(5-9)25(27)28)22-15-14-7-11(18)2-3-13(14)16(26)24-23-15/h2-8H,1H3,(H,22,23)(H,24,26). The zero-order valence-electron chi connectivity index (χ0n) is 14.2. The van der Waals surface area contributed by atoms with Gasteiger partial charge in [0.05, 0.1) is 21.9 Å². The first-order chi connectivity index (χ1) is 13.1. The Kier molecular flexibility index (Phi) is 5.11. The van der Waals surface area contributed by atoms with Crippen molar-refractivity contribution in [3.63, 3.8) is 0 Å². The lowest BCUT2D eigenvalue weighted by molar-refractivity contribution is -0.385. The minimum Gasteiger partial charge on any atom is -0.362 e. The van der Waals surface area contributed by atoms with E-state index in [4.69, 9.17) is 0 Å². The summed E-state index contributed by atoms with van der Waals surface area (Å²) in [5, 5.41) is 20.9. The van der Waals surface area contributed by atoms with Gasteiger partial charge in [-0.1, -0.05) is 15.9 Å². The van der Waals surface area contributed by atoms with Crippen molar-refractivity contribution in [1.82, 2.24) is 10.2 Å². The Morgan fingerprint density at radius 1 is 1.21 bits per heavy atom. The van der Waals surface area contributed by atoms with E-state index in [9.17, 15) is 28.1 Å². The third kappa shape index (κ3) is 3.98. The number of benzene rings is 2. The van der Waals surface area contributed by atoms with Crippen LogP contribution in [0.3, 0.4) is 0 Å². The number of anilines is 1. The third-order valence-corrected chi connectivity index (χ3v) is 4.58. The number of alkyl halides is 3. The first kappa shape index (κ1) is 19.8. The molecule has 1 atom stereocenters. The van der Waals surface area contributed by atoms with Gasteiger partial charge in [-0.15, -0.1) is 0 Å². The number of fused-ring (bicyclic) bond motifs is 1. The number of H-pyrrole nitrogens is 1. The Bertz CT molecular complexity index is 1130. The summed E-state index contributed by atoms with van der Waals surface area (Å²) in [6, 6.07) is 6.51. The van der Waals surface area contributed by atoms with E-state index in [1.807, 2.05) is 0 Å². The largest absolute Gasteiger partial charge is 0.416 e. The number of rotatable bonds is 4. The van der Waals surface area contributed by atoms with Crippen LogP contribution in [0.15, 0.2) is 45.7 Å². The van der Waals surface area contributed by atoms with Crippen LogP contribution in [0.2, 0.25) is 0 Å². The van der Waals surface area contributed by atoms with Crippen molar-refractivity contribution < 1.29 is 18.1 Å². The quantitative estimate of drug-likeness (QED) is 0.434. The first-order valence-electron chi connectivity index (χ1n) is 7.87. The van der Waals surface area contributed by atoms with Crippen LogP contribution in [0.4, 0.5) is 24.7 Å². The molecular formula is C17H12BrF3N4O3. The molecule has 28 heavy (non-hydrogen) atoms. The molecule has 3 aromatic rings. The molecule has 1 heterocycles. The maximum absolute atomic E-state index is 13.1. The number of nitrogens with one attached hydrogen (secondary N) is 2. The van der Waals surface area contributed by atoms with Gasteiger partial charge in [0, 0.05) is 22.0 Å². The van der Waals surface area contributed by atoms with Gasteiger partial charge in [-0.3, -0.25) is 14.9 Å². The van der Waals surface area contributed by atoms with Crippen molar-refractivity contribution in [1.29, 1.82) is 0 Å². The second-order valence-electron chi connectivity index (χ2n) is 6.03. The predicted octanol–water partition coefficient (Wildman–Crippen LogP) is 4.79. The fraction of sp³-hybridized carbons (Fsp3) is 0.176. The van der Waals surface area contributed by atoms with Gasteiger partial charge in [0.25, 0.3) is 11.2 Å². The summed E-state index contributed by atoms with van der Waals surface area (Å²) < 4.78 is 40.0. The SMILES string of the molecule is CC(Nc1n[nH]c(=O)c2ccc(Br)cc12)c1cc([N+](=O)[O-])cc(C(F)(F)F)c1. The highest BCUT2D eigenvalue weighted by molar-refractivity contribution is 9.10. The highest BCUT2D eigenvalue weighted by atomic mass is 79.9. The van der Waals surface area contributed by atoms with Gasteiger partial charge in [-0.25, -0.2) is 5.10 Å². The fourth-order valence-electron chi connectivity index (χ4n) is 2.69. The molecule has 0 fully saturated rings. The smallest absolute Gasteiger partial charge is 0.362 e. The van der Waals surface area contributed by atoms with Gasteiger partial charge in [0.2, 0.25) is 0 Å². The van der Waals surface area contributed by atoms with Crippen molar-refractivity contribution in [2.45, 2.75) is 19.1 Å². The van der Waals surface area contributed by atoms with Gasteiger partial charge < -0.3 is 5.32 Å². The summed E-state index contributed by atoms with van der Waals surface area (Å²) in [6.45, 7) is 1.54. The van der Waals surface area contributed by atoms with Crippen LogP contribution in [0.1, 0.15) is 24.1 Å². The Balaban J connectivity index is 2.05. The van der Waals surface area contributed by atoms with Crippen molar-refractivity contribution in [3.8, 4) is 0 Å². The van der Waals surface area contributed by atoms with Gasteiger partial charge in [0.1, 0.15) is 0 Å². The highest BCUT2D eigenvalue weighted by Gasteiger charge is 2.33. The molecule has 1 unspecified atom stereocenters. The van der Waals surface area contributed by atoms with Crippen LogP contribution in [-0.4, -0.2) is 15.1 Å². The van der Waals surface area contributed by atoms with Gasteiger partial charge in [0.15, 0.2) is 5.82 Å². The number of hydrogen-bond acceptors (Lipinski definition) is 5. The molecule has 0 aliphatic heterocycles. The number of non-ortho nitro benzene ring substituents is 1. The molecule has 0 saturated heterocycles. The summed E-state index contributed by atoms with van der Waals surface area (Å²) in [6.07, 6.45) is -4.73. The number of aromatic nitrogens is 2. The average molecular weight is 457 g/mol. The Hall–Kier alpha value is -2.95. The first-order valence-corrected chi connectivity index (χ1v) is 8.66. The van der Waals surface area contributed by atoms with Gasteiger partial charge in [-0.05, 0) is 36.8 Å². The molecule has 2 aromatic carbocycles. The molecular weight excluding hydrogens is 445 g/mol. The zero-order valence-corrected chi connectivity index (χ0v) is 15.8. The molecule has 3 rings (SSSR count). The summed E-state index contributed by atoms with van der Waals surface area (Å²) in [5.41, 5.74) is -2.15. The summed E-state index contributed by atoms with van der Waals surface area (Å²) in [7, 11) is 0. The van der Waals surface area contributed by atoms with E-state index in [0.29, 0.717) is 21.3 Å². The lowest BCUT2D eigenvalue weighted by atomic mass is 10.0. The number of hydrogen-bond donors (Lipinski definition) is 2. The predicted molar refractivity (Wildman–Crippen MR) is 100 cm³/mol. The number of nitro groups is 1. The normalized spacial score (nSPS) is 12.8. The lowest BCUT2D eigenvalue weighted by Gasteiger charge is -2.17. The van der Waals surface area contributed by atoms with Gasteiger partial charge >= 0.3 is 6.18 Å². The maximum atomic E-state index is 13.1. The Morgan fingerprint density at radius 3 is 2.57 bits per heavy atom. The highest BCUT2D eigenvalue weighted by Crippen LogP contribution is 2.35. The molecule has 0 bridgehead atoms. The number of nitrogens with zero attached hydrogens (tertiary/aromatic N) is 2. The molecule has 2 N–H and O–H groups in total. The molecule has 7 nitrogen and oxygen atoms in total. The minimum atomic E-state index is -4.73. The number of aromatic amines is 1. The fourth-order valence-corrected chi connectivity index (χ4v) is 3.05. The van der Waals surface area contributed by atoms with Crippen molar-refractivity contribution in [3.05, 3.63) is 72.5 Å². The second-order valence-corrected chi connectivity index (χ2v) is 6.94. The average Bonchev–Trinajstić information content (AvgIpc) is 2.62. The Morgan fingerprint density at radius 2 is 1.93 bits per heavy atom. The van der Waals surface area contributed by atoms with Gasteiger partial charge in [-0.2, -0.15) is 18.3 Å². The molecule has 1 aromatic heterocycles. The van der Waals surface area contributed by atoms with Crippen molar-refractivity contribution >= 4 is 38.2 Å². The van der Waals surface area contributed by atoms with E-state index in [-0.39, 0.29) is 11.4 Å². The molecule has 0 aliphatic carbocycles. The van der Waals surface area contributed by atoms with Crippen LogP contribution < -0.4 is 10.9 Å². The number of halogens is 4. The van der Waals surface area contributed by atoms with E-state index in [0.717, 1.165) is 12.1 Å². The maximum Gasteiger partial charge on any atom is 0.416 e. The van der Waals surface area contributed by atoms with E-state index in [2.05, 4.69) is 31.4 Å². The summed E-state index contributed by atoms with van der Waals surface area (Å²) in [5.74, 6) is 0.225. The topological polar surface area (TPSA) is 101 Å². The van der Waals surface area contributed by atoms with E-state index in [1.165, 1.54) is 6.92 Å². The molecule has 0 amide bonds. The van der Waals surface area contributed by atoms with Crippen molar-refractivity contribution in [2.75, 3.05) is 5.32 Å². The van der Waals surface area contributed by atoms with E-state index in [1.54, 1.807) is 18.2 Å². The lowest BCUT2D eigenvalue weighted by Crippen LogP contribution is -2.15. The monoisotopic (exact) mass is 456 g/mol. The Labute approximate surface area is 163 Å². The minimum absolute atomic E-state index is 0.0534. The van der Waals surface area contributed by atoms with Crippen LogP contribution >= 0.6 is 15.9 Å². The second kappa shape index (κ2) is 7.23. The summed E-state index contributed by atoms with van der Waals surface area (Å²) in [4.78, 5) is 22.1. The molecule has 0 spiro atoms. The number of nitro benzene ring substituents is 1. The van der Waals surface area contributed by atoms with E-state index < -0.39 is 34.0 Å². The molecule has 0 aliphatic rings. The molecule has 146 valence electrons. The van der Waals surface area contributed by atoms with Crippen molar-refractivity contribution in [2.24, 2.45) is 0 Å². The zero-order chi connectivity index (χ0) is 20.6. The van der Waals surface area contributed by atoms with Crippen LogP contribution in [0.5, 0.6) is 0 Å². The molecule has 0 radical (unpaired) electrons. The molecule has 0 saturated carbocycles. The molecule has 11 heteroatoms. The van der Waals surface area contributed by atoms with Crippen LogP contribution in [0.25, 0.3) is 10.8 Å². The summed E-state index contributed by atoms with van der Waals surface area (Å²) >= 11 is 3.29. The van der Waals surface area contributed by atoms with Crippen LogP contribution in [0, 0.1) is 10.1 Å². The van der Waals surface area contributed by atoms with Crippen LogP contribution in [-0.2, 0) is 6.18 Å². The third-order valence-electron chi connectivity index (χ3n) is 4.08.